The van der Waals surface area contributed by atoms with Gasteiger partial charge in [-0.2, -0.15) is 0 Å². The molecule has 9 rings (SSSR count). The molecule has 56 heavy (non-hydrogen) atoms. The second kappa shape index (κ2) is 11.3. The van der Waals surface area contributed by atoms with Gasteiger partial charge in [0.2, 0.25) is 0 Å². The number of rotatable bonds is 0. The maximum absolute atomic E-state index is 15.4. The van der Waals surface area contributed by atoms with Gasteiger partial charge in [-0.1, -0.05) is 0 Å². The molecule has 3 aromatic heterocycles. The molecule has 0 saturated carbocycles. The first-order valence-corrected chi connectivity index (χ1v) is 14.7. The Morgan fingerprint density at radius 3 is 0.589 bits per heavy atom. The molecular weight excluding hydrogens is 800 g/mol. The van der Waals surface area contributed by atoms with Gasteiger partial charge in [-0.05, 0) is 0 Å². The third-order valence-electron chi connectivity index (χ3n) is 8.68. The van der Waals surface area contributed by atoms with Crippen molar-refractivity contribution in [2.75, 3.05) is 0 Å². The summed E-state index contributed by atoms with van der Waals surface area (Å²) in [6.45, 7) is 0. The van der Waals surface area contributed by atoms with E-state index in [1.54, 1.807) is 0 Å². The molecule has 0 atom stereocenters. The Bertz CT molecular complexity index is 2820. The molecule has 8 bridgehead atoms. The highest BCUT2D eigenvalue weighted by molar-refractivity contribution is 6.07. The van der Waals surface area contributed by atoms with Gasteiger partial charge in [-0.15, -0.1) is 0 Å². The van der Waals surface area contributed by atoms with Crippen molar-refractivity contribution in [3.63, 3.8) is 0 Å². The topological polar surface area (TPSA) is 109 Å². The van der Waals surface area contributed by atoms with E-state index in [0.717, 1.165) is 0 Å². The lowest BCUT2D eigenvalue weighted by Gasteiger charge is -2.05. The molecule has 0 radical (unpaired) electrons. The maximum Gasteiger partial charge on any atom is 0.198 e. The lowest BCUT2D eigenvalue weighted by molar-refractivity contribution is 0.412. The van der Waals surface area contributed by atoms with E-state index in [4.69, 9.17) is 0 Å². The first-order chi connectivity index (χ1) is 26.4. The Labute approximate surface area is 293 Å². The summed E-state index contributed by atoms with van der Waals surface area (Å²) < 4.78 is 240. The molecule has 0 aliphatic carbocycles. The third-order valence-corrected chi connectivity index (χ3v) is 8.68. The van der Waals surface area contributed by atoms with Gasteiger partial charge in [0.25, 0.3) is 0 Å². The van der Waals surface area contributed by atoms with Crippen LogP contribution in [0.15, 0.2) is 0 Å². The fourth-order valence-electron chi connectivity index (χ4n) is 6.24. The van der Waals surface area contributed by atoms with E-state index in [1.807, 2.05) is 9.97 Å². The highest BCUT2D eigenvalue weighted by Gasteiger charge is 2.37. The van der Waals surface area contributed by atoms with E-state index in [-0.39, 0.29) is 0 Å². The fraction of sp³-hybridized carbons (Fsp3) is 0. The van der Waals surface area contributed by atoms with Gasteiger partial charge in [0, 0.05) is 0 Å². The van der Waals surface area contributed by atoms with Gasteiger partial charge in [0.1, 0.15) is 22.6 Å². The molecule has 0 saturated heterocycles. The molecule has 0 fully saturated rings. The zero-order valence-electron chi connectivity index (χ0n) is 25.7. The fourth-order valence-corrected chi connectivity index (χ4v) is 6.24. The van der Waals surface area contributed by atoms with Crippen LogP contribution in [0.5, 0.6) is 0 Å². The van der Waals surface area contributed by atoms with Crippen LogP contribution in [0.2, 0.25) is 0 Å². The van der Waals surface area contributed by atoms with Crippen molar-refractivity contribution >= 4 is 44.1 Å². The number of halogens is 16. The minimum atomic E-state index is -2.53. The summed E-state index contributed by atoms with van der Waals surface area (Å²) in [5.74, 6) is -44.2. The Morgan fingerprint density at radius 2 is 0.393 bits per heavy atom. The largest absolute Gasteiger partial charge is 0.324 e. The Morgan fingerprint density at radius 1 is 0.214 bits per heavy atom. The molecule has 2 aliphatic rings. The lowest BCUT2D eigenvalue weighted by Crippen LogP contribution is -2.01. The average molecular weight is 802 g/mol. The van der Waals surface area contributed by atoms with Crippen LogP contribution in [-0.4, -0.2) is 39.9 Å². The summed E-state index contributed by atoms with van der Waals surface area (Å²) in [6.07, 6.45) is 0. The van der Waals surface area contributed by atoms with Crippen molar-refractivity contribution in [3.8, 4) is 45.6 Å². The average Bonchev–Trinajstić information content (AvgIpc) is 3.92. The van der Waals surface area contributed by atoms with Gasteiger partial charge < -0.3 is 9.97 Å². The maximum atomic E-state index is 15.4. The number of H-pyrrole nitrogens is 2. The van der Waals surface area contributed by atoms with Crippen LogP contribution in [0.4, 0.5) is 70.2 Å². The lowest BCUT2D eigenvalue weighted by atomic mass is 10.1. The van der Waals surface area contributed by atoms with Crippen molar-refractivity contribution in [2.45, 2.75) is 0 Å². The molecule has 2 N–H and O–H groups in total. The van der Waals surface area contributed by atoms with Crippen molar-refractivity contribution in [1.82, 2.24) is 39.9 Å². The number of aromatic amines is 2. The molecule has 0 unspecified atom stereocenters. The van der Waals surface area contributed by atoms with Crippen molar-refractivity contribution in [2.24, 2.45) is 0 Å². The first-order valence-electron chi connectivity index (χ1n) is 14.7. The Balaban J connectivity index is 1.61. The van der Waals surface area contributed by atoms with E-state index in [2.05, 4.69) is 29.9 Å². The number of nitrogens with zero attached hydrogens (tertiary/aromatic N) is 6. The Hall–Kier alpha value is -6.88. The van der Waals surface area contributed by atoms with Gasteiger partial charge in [0.05, 0.1) is 43.8 Å². The quantitative estimate of drug-likeness (QED) is 0.0900. The summed E-state index contributed by atoms with van der Waals surface area (Å²) in [5, 5.41) is -5.83. The number of hydrogen-bond acceptors (Lipinski definition) is 6. The highest BCUT2D eigenvalue weighted by atomic mass is 19.2. The normalized spacial score (nSPS) is 12.3. The molecule has 282 valence electrons. The Kier molecular flexibility index (Phi) is 7.05. The predicted octanol–water partition coefficient (Wildman–Crippen LogP) is 9.09. The molecule has 24 heteroatoms. The first kappa shape index (κ1) is 34.9. The molecule has 0 spiro atoms. The van der Waals surface area contributed by atoms with Crippen molar-refractivity contribution < 1.29 is 70.2 Å². The monoisotopic (exact) mass is 802 g/mol. The summed E-state index contributed by atoms with van der Waals surface area (Å²) in [6, 6.07) is 0. The summed E-state index contributed by atoms with van der Waals surface area (Å²) in [5.41, 5.74) is -11.1. The predicted molar refractivity (Wildman–Crippen MR) is 155 cm³/mol. The standard InChI is InChI=1S/C32H2F16N8/c33-9-1-2(10(34)18(42)17(9)41)26-49-25(1)53-27-3-4(12(36)20(44)19(43)11(3)35)29(50-27)55-31-7-8(16(40)24(48)23(47)15(7)39)32(52-31)56-30-6-5(28(51-30)54-26)13(37)21(45)22(46)14(6)38/h(H2,49,50,51,52,53,54,55,56). The number of aromatic nitrogens is 8. The zero-order valence-corrected chi connectivity index (χ0v) is 25.7. The van der Waals surface area contributed by atoms with Crippen LogP contribution in [0.1, 0.15) is 0 Å². The van der Waals surface area contributed by atoms with Crippen LogP contribution in [0, 0.1) is 93.1 Å². The summed E-state index contributed by atoms with van der Waals surface area (Å²) >= 11 is 0. The van der Waals surface area contributed by atoms with Crippen LogP contribution >= 0.6 is 0 Å². The van der Waals surface area contributed by atoms with Gasteiger partial charge >= 0.3 is 0 Å². The third kappa shape index (κ3) is 4.27. The van der Waals surface area contributed by atoms with E-state index in [9.17, 15) is 35.1 Å². The minimum absolute atomic E-state index is 1.29. The zero-order chi connectivity index (χ0) is 40.1. The highest BCUT2D eigenvalue weighted by Crippen LogP contribution is 2.44. The molecule has 5 heterocycles. The molecule has 2 aliphatic heterocycles. The van der Waals surface area contributed by atoms with Crippen LogP contribution < -0.4 is 0 Å². The van der Waals surface area contributed by atoms with Crippen LogP contribution in [0.3, 0.4) is 0 Å². The summed E-state index contributed by atoms with van der Waals surface area (Å²) in [7, 11) is 0. The smallest absolute Gasteiger partial charge is 0.198 e. The number of fused-ring (bicyclic) bond motifs is 20. The van der Waals surface area contributed by atoms with E-state index < -0.39 is 183 Å². The second-order valence-electron chi connectivity index (χ2n) is 11.6. The van der Waals surface area contributed by atoms with Gasteiger partial charge in [0.15, 0.2) is 116 Å². The van der Waals surface area contributed by atoms with E-state index in [1.165, 1.54) is 0 Å². The van der Waals surface area contributed by atoms with Crippen LogP contribution in [-0.2, 0) is 0 Å². The second-order valence-corrected chi connectivity index (χ2v) is 11.6. The SMILES string of the molecule is Fc1c(F)c(F)c2c(c1F)-c1nc-2nc2[nH]c(nc3nc(nc4[nH]c(n1)c1c(F)c(F)c(F)c(F)c41)-c1c(F)c(F)c(F)c(F)c1-3)c1c(F)c(F)c(F)c(F)c21. The van der Waals surface area contributed by atoms with E-state index in [0.29, 0.717) is 0 Å². The number of nitrogens with one attached hydrogen (secondary N) is 2. The van der Waals surface area contributed by atoms with Crippen molar-refractivity contribution in [1.29, 1.82) is 0 Å². The number of benzene rings is 4. The summed E-state index contributed by atoms with van der Waals surface area (Å²) in [4.78, 5) is 25.5. The molecule has 7 aromatic rings. The molecule has 4 aromatic carbocycles. The van der Waals surface area contributed by atoms with E-state index >= 15 is 35.1 Å². The van der Waals surface area contributed by atoms with Gasteiger partial charge in [-0.25, -0.2) is 100 Å². The molecule has 0 amide bonds. The van der Waals surface area contributed by atoms with Crippen molar-refractivity contribution in [3.05, 3.63) is 93.1 Å². The molecular formula is C32H2F16N8. The molecule has 8 nitrogen and oxygen atoms in total. The van der Waals surface area contributed by atoms with Crippen LogP contribution in [0.25, 0.3) is 89.7 Å². The minimum Gasteiger partial charge on any atom is -0.324 e. The van der Waals surface area contributed by atoms with Gasteiger partial charge in [-0.3, -0.25) is 0 Å². The number of hydrogen-bond donors (Lipinski definition) is 2.